The fourth-order valence-corrected chi connectivity index (χ4v) is 1.27. The van der Waals surface area contributed by atoms with Crippen molar-refractivity contribution in [1.82, 2.24) is 5.32 Å². The Morgan fingerprint density at radius 1 is 1.67 bits per heavy atom. The Labute approximate surface area is 75.3 Å². The van der Waals surface area contributed by atoms with E-state index in [0.717, 1.165) is 6.42 Å². The highest BCUT2D eigenvalue weighted by Crippen LogP contribution is 2.14. The molecule has 68 valence electrons. The summed E-state index contributed by atoms with van der Waals surface area (Å²) < 4.78 is 0. The van der Waals surface area contributed by atoms with Gasteiger partial charge in [-0.15, -0.1) is 6.58 Å². The standard InChI is InChI=1S/C10H18N2/c1-5-6-12-10(4,8-11)7-9(2)3/h5,9,12H,1,6-7H2,2-4H3. The number of nitrogens with one attached hydrogen (secondary N) is 1. The zero-order valence-corrected chi connectivity index (χ0v) is 8.22. The summed E-state index contributed by atoms with van der Waals surface area (Å²) >= 11 is 0. The molecule has 2 heteroatoms. The van der Waals surface area contributed by atoms with Gasteiger partial charge in [-0.05, 0) is 19.3 Å². The van der Waals surface area contributed by atoms with Crippen LogP contribution in [0.3, 0.4) is 0 Å². The van der Waals surface area contributed by atoms with Crippen LogP contribution in [0.5, 0.6) is 0 Å². The van der Waals surface area contributed by atoms with Crippen molar-refractivity contribution in [2.75, 3.05) is 6.54 Å². The minimum absolute atomic E-state index is 0.400. The third-order valence-corrected chi connectivity index (χ3v) is 1.70. The van der Waals surface area contributed by atoms with Gasteiger partial charge in [0.1, 0.15) is 5.54 Å². The van der Waals surface area contributed by atoms with Crippen LogP contribution in [-0.2, 0) is 0 Å². The van der Waals surface area contributed by atoms with Crippen LogP contribution in [0.1, 0.15) is 27.2 Å². The smallest absolute Gasteiger partial charge is 0.104 e. The number of hydrogen-bond acceptors (Lipinski definition) is 2. The van der Waals surface area contributed by atoms with Crippen molar-refractivity contribution in [3.63, 3.8) is 0 Å². The first-order valence-corrected chi connectivity index (χ1v) is 4.31. The van der Waals surface area contributed by atoms with E-state index in [2.05, 4.69) is 31.8 Å². The molecule has 0 spiro atoms. The molecule has 0 amide bonds. The van der Waals surface area contributed by atoms with Crippen molar-refractivity contribution < 1.29 is 0 Å². The van der Waals surface area contributed by atoms with Gasteiger partial charge in [0, 0.05) is 6.54 Å². The van der Waals surface area contributed by atoms with Crippen LogP contribution >= 0.6 is 0 Å². The van der Waals surface area contributed by atoms with E-state index in [1.807, 2.05) is 6.92 Å². The van der Waals surface area contributed by atoms with E-state index in [1.54, 1.807) is 6.08 Å². The van der Waals surface area contributed by atoms with E-state index >= 15 is 0 Å². The Balaban J connectivity index is 4.06. The van der Waals surface area contributed by atoms with Crippen molar-refractivity contribution in [3.8, 4) is 6.07 Å². The van der Waals surface area contributed by atoms with Crippen molar-refractivity contribution in [2.24, 2.45) is 5.92 Å². The molecule has 0 saturated carbocycles. The first-order chi connectivity index (χ1) is 5.54. The average molecular weight is 166 g/mol. The van der Waals surface area contributed by atoms with Crippen molar-refractivity contribution in [2.45, 2.75) is 32.7 Å². The fraction of sp³-hybridized carbons (Fsp3) is 0.700. The third kappa shape index (κ3) is 4.15. The molecule has 0 heterocycles. The van der Waals surface area contributed by atoms with Gasteiger partial charge < -0.3 is 0 Å². The minimum atomic E-state index is -0.400. The lowest BCUT2D eigenvalue weighted by atomic mass is 9.92. The second-order valence-electron chi connectivity index (χ2n) is 3.71. The number of nitrogens with zero attached hydrogens (tertiary/aromatic N) is 1. The van der Waals surface area contributed by atoms with E-state index < -0.39 is 5.54 Å². The summed E-state index contributed by atoms with van der Waals surface area (Å²) in [4.78, 5) is 0. The van der Waals surface area contributed by atoms with Crippen LogP contribution in [0.15, 0.2) is 12.7 Å². The molecular weight excluding hydrogens is 148 g/mol. The lowest BCUT2D eigenvalue weighted by Gasteiger charge is -2.24. The maximum Gasteiger partial charge on any atom is 0.104 e. The maximum atomic E-state index is 8.91. The van der Waals surface area contributed by atoms with Gasteiger partial charge in [-0.1, -0.05) is 19.9 Å². The quantitative estimate of drug-likeness (QED) is 0.635. The normalized spacial score (nSPS) is 15.2. The first kappa shape index (κ1) is 11.2. The van der Waals surface area contributed by atoms with Crippen molar-refractivity contribution >= 4 is 0 Å². The Morgan fingerprint density at radius 3 is 2.58 bits per heavy atom. The highest BCUT2D eigenvalue weighted by Gasteiger charge is 2.23. The Kier molecular flexibility index (Phi) is 4.61. The van der Waals surface area contributed by atoms with Gasteiger partial charge in [-0.3, -0.25) is 5.32 Å². The molecule has 0 aromatic heterocycles. The van der Waals surface area contributed by atoms with E-state index in [4.69, 9.17) is 5.26 Å². The van der Waals surface area contributed by atoms with Gasteiger partial charge in [-0.25, -0.2) is 0 Å². The molecule has 0 fully saturated rings. The predicted molar refractivity (Wildman–Crippen MR) is 51.7 cm³/mol. The zero-order valence-electron chi connectivity index (χ0n) is 8.22. The summed E-state index contributed by atoms with van der Waals surface area (Å²) in [5.74, 6) is 0.534. The Bertz CT molecular complexity index is 179. The van der Waals surface area contributed by atoms with Crippen LogP contribution in [0.25, 0.3) is 0 Å². The average Bonchev–Trinajstić information content (AvgIpc) is 2.00. The van der Waals surface area contributed by atoms with E-state index in [9.17, 15) is 0 Å². The van der Waals surface area contributed by atoms with Gasteiger partial charge >= 0.3 is 0 Å². The summed E-state index contributed by atoms with van der Waals surface area (Å²) in [6.07, 6.45) is 2.65. The minimum Gasteiger partial charge on any atom is -0.296 e. The first-order valence-electron chi connectivity index (χ1n) is 4.31. The van der Waals surface area contributed by atoms with E-state index in [0.29, 0.717) is 12.5 Å². The second-order valence-corrected chi connectivity index (χ2v) is 3.71. The topological polar surface area (TPSA) is 35.8 Å². The summed E-state index contributed by atoms with van der Waals surface area (Å²) in [5.41, 5.74) is -0.400. The summed E-state index contributed by atoms with van der Waals surface area (Å²) in [5, 5.41) is 12.1. The molecule has 0 aliphatic rings. The molecule has 0 aromatic rings. The molecule has 1 N–H and O–H groups in total. The number of nitriles is 1. The second kappa shape index (κ2) is 4.95. The molecule has 12 heavy (non-hydrogen) atoms. The van der Waals surface area contributed by atoms with Crippen LogP contribution in [0.2, 0.25) is 0 Å². The summed E-state index contributed by atoms with van der Waals surface area (Å²) in [6, 6.07) is 2.29. The molecular formula is C10H18N2. The maximum absolute atomic E-state index is 8.91. The van der Waals surface area contributed by atoms with Gasteiger partial charge in [0.05, 0.1) is 6.07 Å². The summed E-state index contributed by atoms with van der Waals surface area (Å²) in [6.45, 7) is 10.5. The molecule has 1 unspecified atom stereocenters. The SMILES string of the molecule is C=CCNC(C)(C#N)CC(C)C. The molecule has 0 rings (SSSR count). The molecule has 0 aliphatic heterocycles. The van der Waals surface area contributed by atoms with Crippen LogP contribution in [-0.4, -0.2) is 12.1 Å². The molecule has 1 atom stereocenters. The van der Waals surface area contributed by atoms with Crippen LogP contribution < -0.4 is 5.32 Å². The molecule has 0 radical (unpaired) electrons. The predicted octanol–water partition coefficient (Wildman–Crippen LogP) is 2.09. The van der Waals surface area contributed by atoms with Gasteiger partial charge in [0.2, 0.25) is 0 Å². The highest BCUT2D eigenvalue weighted by atomic mass is 15.0. The highest BCUT2D eigenvalue weighted by molar-refractivity contribution is 5.04. The van der Waals surface area contributed by atoms with E-state index in [1.165, 1.54) is 0 Å². The van der Waals surface area contributed by atoms with Gasteiger partial charge in [0.25, 0.3) is 0 Å². The van der Waals surface area contributed by atoms with Crippen molar-refractivity contribution in [3.05, 3.63) is 12.7 Å². The van der Waals surface area contributed by atoms with Gasteiger partial charge in [-0.2, -0.15) is 5.26 Å². The fourth-order valence-electron chi connectivity index (χ4n) is 1.27. The van der Waals surface area contributed by atoms with E-state index in [-0.39, 0.29) is 0 Å². The third-order valence-electron chi connectivity index (χ3n) is 1.70. The summed E-state index contributed by atoms with van der Waals surface area (Å²) in [7, 11) is 0. The Hall–Kier alpha value is -0.810. The Morgan fingerprint density at radius 2 is 2.25 bits per heavy atom. The molecule has 2 nitrogen and oxygen atoms in total. The lowest BCUT2D eigenvalue weighted by molar-refractivity contribution is 0.378. The lowest BCUT2D eigenvalue weighted by Crippen LogP contribution is -2.42. The number of rotatable bonds is 5. The largest absolute Gasteiger partial charge is 0.296 e. The van der Waals surface area contributed by atoms with Crippen molar-refractivity contribution in [1.29, 1.82) is 5.26 Å². The number of hydrogen-bond donors (Lipinski definition) is 1. The molecule has 0 bridgehead atoms. The molecule has 0 aliphatic carbocycles. The zero-order chi connectivity index (χ0) is 9.61. The van der Waals surface area contributed by atoms with Gasteiger partial charge in [0.15, 0.2) is 0 Å². The molecule has 0 aromatic carbocycles. The molecule has 0 saturated heterocycles. The monoisotopic (exact) mass is 166 g/mol. The van der Waals surface area contributed by atoms with Crippen LogP contribution in [0.4, 0.5) is 0 Å². The van der Waals surface area contributed by atoms with Crippen LogP contribution in [0, 0.1) is 17.2 Å².